The van der Waals surface area contributed by atoms with E-state index in [9.17, 15) is 24.0 Å². The van der Waals surface area contributed by atoms with Crippen LogP contribution in [-0.2, 0) is 44.6 Å². The van der Waals surface area contributed by atoms with Crippen LogP contribution < -0.4 is 16.4 Å². The van der Waals surface area contributed by atoms with Crippen molar-refractivity contribution in [1.82, 2.24) is 20.4 Å². The highest BCUT2D eigenvalue weighted by Crippen LogP contribution is 2.34. The summed E-state index contributed by atoms with van der Waals surface area (Å²) in [6.07, 6.45) is 5.57. The SMILES string of the molecule is CCC.COC(=O)C(Cc1ccccc1)NC(=O)C(C)C(OC)C1CCCN1C(=O)CC(OC)C(C1CCCC1)N(C)C(=O)CNC(=O)C(C)(C)N. The number of nitrogens with two attached hydrogens (primary N) is 1. The van der Waals surface area contributed by atoms with E-state index in [-0.39, 0.29) is 55.1 Å². The predicted molar refractivity (Wildman–Crippen MR) is 200 cm³/mol. The van der Waals surface area contributed by atoms with E-state index in [1.165, 1.54) is 20.6 Å². The Morgan fingerprint density at radius 1 is 0.981 bits per heavy atom. The minimum atomic E-state index is -1.12. The topological polar surface area (TPSA) is 170 Å². The zero-order valence-electron chi connectivity index (χ0n) is 32.9. The standard InChI is InChI=1S/C36H57N5O8.C3H8/c1-23(33(44)39-26(34(45)49-7)20-24-14-9-8-10-15-24)32(48-6)27-18-13-19-41(27)29(42)21-28(47-5)31(25-16-11-12-17-25)40(4)30(43)22-38-35(46)36(2,3)37;1-3-2/h8-10,14-15,23,25-28,31-32H,11-13,16-22,37H2,1-7H3,(H,38,46)(H,39,44);3H2,1-2H3. The fourth-order valence-electron chi connectivity index (χ4n) is 7.25. The van der Waals surface area contributed by atoms with Gasteiger partial charge in [-0.1, -0.05) is 70.4 Å². The van der Waals surface area contributed by atoms with E-state index >= 15 is 0 Å². The van der Waals surface area contributed by atoms with Gasteiger partial charge in [-0.2, -0.15) is 0 Å². The van der Waals surface area contributed by atoms with E-state index in [1.54, 1.807) is 44.7 Å². The summed E-state index contributed by atoms with van der Waals surface area (Å²) in [5, 5.41) is 5.47. The second kappa shape index (κ2) is 21.9. The molecule has 0 aromatic heterocycles. The molecule has 13 heteroatoms. The molecule has 294 valence electrons. The summed E-state index contributed by atoms with van der Waals surface area (Å²) < 4.78 is 16.8. The number of esters is 1. The summed E-state index contributed by atoms with van der Waals surface area (Å²) >= 11 is 0. The molecule has 4 N–H and O–H groups in total. The Morgan fingerprint density at radius 3 is 2.13 bits per heavy atom. The highest BCUT2D eigenvalue weighted by atomic mass is 16.5. The van der Waals surface area contributed by atoms with Crippen molar-refractivity contribution in [3.8, 4) is 0 Å². The molecular weight excluding hydrogens is 666 g/mol. The van der Waals surface area contributed by atoms with Crippen LogP contribution in [0.4, 0.5) is 0 Å². The molecule has 0 radical (unpaired) electrons. The fourth-order valence-corrected chi connectivity index (χ4v) is 7.25. The molecule has 13 nitrogen and oxygen atoms in total. The van der Waals surface area contributed by atoms with Gasteiger partial charge in [-0.3, -0.25) is 19.2 Å². The van der Waals surface area contributed by atoms with Crippen LogP contribution in [0, 0.1) is 11.8 Å². The molecule has 52 heavy (non-hydrogen) atoms. The van der Waals surface area contributed by atoms with Gasteiger partial charge in [-0.15, -0.1) is 0 Å². The molecular formula is C39H65N5O8. The number of hydrogen-bond donors (Lipinski definition) is 3. The first-order valence-electron chi connectivity index (χ1n) is 18.7. The molecule has 1 aliphatic heterocycles. The maximum Gasteiger partial charge on any atom is 0.328 e. The Balaban J connectivity index is 0.00000301. The molecule has 0 bridgehead atoms. The van der Waals surface area contributed by atoms with Crippen LogP contribution >= 0.6 is 0 Å². The lowest BCUT2D eigenvalue weighted by atomic mass is 9.89. The number of nitrogens with one attached hydrogen (secondary N) is 2. The normalized spacial score (nSPS) is 19.0. The molecule has 1 aliphatic carbocycles. The summed E-state index contributed by atoms with van der Waals surface area (Å²) in [7, 11) is 6.06. The number of likely N-dealkylation sites (N-methyl/N-ethyl adjacent to an activating group) is 1. The van der Waals surface area contributed by atoms with E-state index in [0.717, 1.165) is 37.7 Å². The van der Waals surface area contributed by atoms with Crippen LogP contribution in [0.1, 0.15) is 91.5 Å². The number of methoxy groups -OCH3 is 3. The van der Waals surface area contributed by atoms with Gasteiger partial charge in [0.1, 0.15) is 6.04 Å². The first kappa shape index (κ1) is 44.6. The van der Waals surface area contributed by atoms with Crippen LogP contribution in [0.25, 0.3) is 0 Å². The van der Waals surface area contributed by atoms with Crippen molar-refractivity contribution in [2.24, 2.45) is 17.6 Å². The van der Waals surface area contributed by atoms with Crippen LogP contribution in [-0.4, -0.2) is 117 Å². The van der Waals surface area contributed by atoms with Crippen molar-refractivity contribution in [3.63, 3.8) is 0 Å². The molecule has 3 rings (SSSR count). The van der Waals surface area contributed by atoms with Gasteiger partial charge in [0, 0.05) is 34.2 Å². The lowest BCUT2D eigenvalue weighted by molar-refractivity contribution is -0.148. The van der Waals surface area contributed by atoms with Gasteiger partial charge in [-0.25, -0.2) is 4.79 Å². The van der Waals surface area contributed by atoms with E-state index in [4.69, 9.17) is 19.9 Å². The minimum absolute atomic E-state index is 0.0342. The third-order valence-corrected chi connectivity index (χ3v) is 10.0. The second-order valence-corrected chi connectivity index (χ2v) is 14.7. The number of amides is 4. The Kier molecular flexibility index (Phi) is 18.7. The van der Waals surface area contributed by atoms with E-state index in [2.05, 4.69) is 24.5 Å². The average Bonchev–Trinajstić information content (AvgIpc) is 3.83. The molecule has 2 fully saturated rings. The van der Waals surface area contributed by atoms with Gasteiger partial charge in [0.05, 0.1) is 55.8 Å². The molecule has 4 amide bonds. The molecule has 1 saturated heterocycles. The minimum Gasteiger partial charge on any atom is -0.467 e. The van der Waals surface area contributed by atoms with Crippen molar-refractivity contribution in [2.75, 3.05) is 41.5 Å². The number of ether oxygens (including phenoxy) is 3. The number of rotatable bonds is 17. The summed E-state index contributed by atoms with van der Waals surface area (Å²) in [4.78, 5) is 69.2. The maximum atomic E-state index is 14.0. The van der Waals surface area contributed by atoms with Gasteiger partial charge in [0.2, 0.25) is 23.6 Å². The van der Waals surface area contributed by atoms with Gasteiger partial charge in [0.25, 0.3) is 0 Å². The smallest absolute Gasteiger partial charge is 0.328 e. The molecule has 1 heterocycles. The highest BCUT2D eigenvalue weighted by molar-refractivity contribution is 5.89. The first-order chi connectivity index (χ1) is 24.6. The van der Waals surface area contributed by atoms with Crippen molar-refractivity contribution in [3.05, 3.63) is 35.9 Å². The molecule has 0 spiro atoms. The number of likely N-dealkylation sites (tertiary alicyclic amines) is 1. The summed E-state index contributed by atoms with van der Waals surface area (Å²) in [5.41, 5.74) is 5.63. The number of carbonyl (C=O) groups excluding carboxylic acids is 5. The van der Waals surface area contributed by atoms with E-state index < -0.39 is 41.6 Å². The number of hydrogen-bond acceptors (Lipinski definition) is 9. The zero-order chi connectivity index (χ0) is 39.0. The lowest BCUT2D eigenvalue weighted by Gasteiger charge is -2.39. The maximum absolute atomic E-state index is 14.0. The summed E-state index contributed by atoms with van der Waals surface area (Å²) in [6.45, 7) is 9.41. The van der Waals surface area contributed by atoms with Crippen LogP contribution in [0.5, 0.6) is 0 Å². The number of carbonyl (C=O) groups is 5. The Hall–Kier alpha value is -3.55. The van der Waals surface area contributed by atoms with Crippen molar-refractivity contribution in [1.29, 1.82) is 0 Å². The third-order valence-electron chi connectivity index (χ3n) is 10.0. The third kappa shape index (κ3) is 12.8. The van der Waals surface area contributed by atoms with E-state index in [1.807, 2.05) is 30.3 Å². The largest absolute Gasteiger partial charge is 0.467 e. The predicted octanol–water partition coefficient (Wildman–Crippen LogP) is 3.22. The molecule has 1 saturated carbocycles. The molecule has 2 aliphatic rings. The average molecular weight is 732 g/mol. The van der Waals surface area contributed by atoms with Crippen LogP contribution in [0.3, 0.4) is 0 Å². The van der Waals surface area contributed by atoms with Gasteiger partial charge in [-0.05, 0) is 51.0 Å². The Morgan fingerprint density at radius 2 is 1.60 bits per heavy atom. The molecule has 1 aromatic rings. The van der Waals surface area contributed by atoms with Crippen molar-refractivity contribution >= 4 is 29.6 Å². The lowest BCUT2D eigenvalue weighted by Crippen LogP contribution is -2.56. The van der Waals surface area contributed by atoms with Crippen LogP contribution in [0.15, 0.2) is 30.3 Å². The Bertz CT molecular complexity index is 1280. The number of nitrogens with zero attached hydrogens (tertiary/aromatic N) is 2. The van der Waals surface area contributed by atoms with Gasteiger partial charge < -0.3 is 40.4 Å². The zero-order valence-corrected chi connectivity index (χ0v) is 32.9. The summed E-state index contributed by atoms with van der Waals surface area (Å²) in [6, 6.07) is 7.73. The highest BCUT2D eigenvalue weighted by Gasteiger charge is 2.43. The van der Waals surface area contributed by atoms with Crippen molar-refractivity contribution < 1.29 is 38.2 Å². The molecule has 6 unspecified atom stereocenters. The quantitative estimate of drug-likeness (QED) is 0.204. The summed E-state index contributed by atoms with van der Waals surface area (Å²) in [5.74, 6) is -2.35. The van der Waals surface area contributed by atoms with E-state index in [0.29, 0.717) is 13.0 Å². The van der Waals surface area contributed by atoms with Gasteiger partial charge >= 0.3 is 5.97 Å². The first-order valence-corrected chi connectivity index (χ1v) is 18.7. The van der Waals surface area contributed by atoms with Crippen molar-refractivity contribution in [2.45, 2.75) is 128 Å². The van der Waals surface area contributed by atoms with Gasteiger partial charge in [0.15, 0.2) is 0 Å². The molecule has 6 atom stereocenters. The molecule has 1 aromatic carbocycles. The fraction of sp³-hybridized carbons (Fsp3) is 0.718. The number of benzene rings is 1. The Labute approximate surface area is 311 Å². The monoisotopic (exact) mass is 731 g/mol. The second-order valence-electron chi connectivity index (χ2n) is 14.7. The van der Waals surface area contributed by atoms with Crippen LogP contribution in [0.2, 0.25) is 0 Å².